The maximum Gasteiger partial charge on any atom is 0.238 e. The molecule has 1 aliphatic rings. The fraction of sp³-hybridized carbons (Fsp3) is 0.429. The Morgan fingerprint density at radius 2 is 2.20 bits per heavy atom. The van der Waals surface area contributed by atoms with Gasteiger partial charge >= 0.3 is 0 Å². The standard InChI is InChI=1S/C14H19N3O3/c15-12(17-20)14(6-7-14)13(19)16-11-5-1-3-10(9-11)4-2-8-18/h1,3,5,9,18,20H,2,4,6-8H2,(H2,15,17)(H,16,19). The molecule has 0 radical (unpaired) electrons. The van der Waals surface area contributed by atoms with Crippen LogP contribution in [-0.4, -0.2) is 28.7 Å². The number of aliphatic hydroxyl groups excluding tert-OH is 1. The number of nitrogens with two attached hydrogens (primary N) is 1. The monoisotopic (exact) mass is 277 g/mol. The first-order valence-electron chi connectivity index (χ1n) is 6.61. The van der Waals surface area contributed by atoms with Crippen molar-refractivity contribution in [2.75, 3.05) is 11.9 Å². The predicted octanol–water partition coefficient (Wildman–Crippen LogP) is 1.08. The van der Waals surface area contributed by atoms with Crippen molar-refractivity contribution >= 4 is 17.4 Å². The predicted molar refractivity (Wildman–Crippen MR) is 75.6 cm³/mol. The average Bonchev–Trinajstić information content (AvgIpc) is 3.26. The fourth-order valence-electron chi connectivity index (χ4n) is 2.16. The van der Waals surface area contributed by atoms with E-state index in [9.17, 15) is 4.79 Å². The van der Waals surface area contributed by atoms with E-state index in [1.807, 2.05) is 18.2 Å². The molecule has 0 atom stereocenters. The molecule has 1 saturated carbocycles. The van der Waals surface area contributed by atoms with Crippen LogP contribution in [0.2, 0.25) is 0 Å². The number of nitrogens with one attached hydrogen (secondary N) is 1. The molecule has 6 heteroatoms. The second-order valence-electron chi connectivity index (χ2n) is 5.05. The normalized spacial score (nSPS) is 16.8. The average molecular weight is 277 g/mol. The van der Waals surface area contributed by atoms with E-state index in [0.717, 1.165) is 12.0 Å². The van der Waals surface area contributed by atoms with E-state index >= 15 is 0 Å². The van der Waals surface area contributed by atoms with Gasteiger partial charge in [-0.15, -0.1) is 0 Å². The summed E-state index contributed by atoms with van der Waals surface area (Å²) in [6, 6.07) is 7.46. The summed E-state index contributed by atoms with van der Waals surface area (Å²) >= 11 is 0. The van der Waals surface area contributed by atoms with Gasteiger partial charge in [0.15, 0.2) is 5.84 Å². The maximum absolute atomic E-state index is 12.2. The van der Waals surface area contributed by atoms with Crippen LogP contribution in [0, 0.1) is 5.41 Å². The number of aliphatic hydroxyl groups is 1. The number of amides is 1. The number of oxime groups is 1. The molecular formula is C14H19N3O3. The Morgan fingerprint density at radius 1 is 1.45 bits per heavy atom. The van der Waals surface area contributed by atoms with Crippen LogP contribution in [0.5, 0.6) is 0 Å². The molecule has 1 aliphatic carbocycles. The molecule has 108 valence electrons. The topological polar surface area (TPSA) is 108 Å². The van der Waals surface area contributed by atoms with Crippen LogP contribution in [-0.2, 0) is 11.2 Å². The molecule has 2 rings (SSSR count). The number of rotatable bonds is 6. The molecule has 0 aromatic heterocycles. The minimum atomic E-state index is -0.851. The highest BCUT2D eigenvalue weighted by Crippen LogP contribution is 2.46. The van der Waals surface area contributed by atoms with Crippen LogP contribution in [0.25, 0.3) is 0 Å². The zero-order chi connectivity index (χ0) is 14.6. The van der Waals surface area contributed by atoms with E-state index in [-0.39, 0.29) is 18.3 Å². The van der Waals surface area contributed by atoms with Crippen molar-refractivity contribution in [3.8, 4) is 0 Å². The van der Waals surface area contributed by atoms with Crippen LogP contribution in [0.4, 0.5) is 5.69 Å². The van der Waals surface area contributed by atoms with Crippen LogP contribution >= 0.6 is 0 Å². The lowest BCUT2D eigenvalue weighted by Crippen LogP contribution is -2.36. The van der Waals surface area contributed by atoms with Crippen molar-refractivity contribution in [2.45, 2.75) is 25.7 Å². The van der Waals surface area contributed by atoms with Gasteiger partial charge in [-0.25, -0.2) is 0 Å². The minimum Gasteiger partial charge on any atom is -0.409 e. The Labute approximate surface area is 117 Å². The highest BCUT2D eigenvalue weighted by atomic mass is 16.4. The second-order valence-corrected chi connectivity index (χ2v) is 5.05. The van der Waals surface area contributed by atoms with Crippen molar-refractivity contribution in [1.82, 2.24) is 0 Å². The van der Waals surface area contributed by atoms with E-state index in [1.165, 1.54) is 0 Å². The van der Waals surface area contributed by atoms with Gasteiger partial charge in [0.05, 0.1) is 0 Å². The molecule has 1 fully saturated rings. The molecule has 1 amide bonds. The van der Waals surface area contributed by atoms with Gasteiger partial charge in [0, 0.05) is 12.3 Å². The smallest absolute Gasteiger partial charge is 0.238 e. The summed E-state index contributed by atoms with van der Waals surface area (Å²) in [7, 11) is 0. The number of amidine groups is 1. The quantitative estimate of drug-likeness (QED) is 0.270. The third kappa shape index (κ3) is 2.91. The van der Waals surface area contributed by atoms with Gasteiger partial charge in [-0.2, -0.15) is 0 Å². The summed E-state index contributed by atoms with van der Waals surface area (Å²) in [5, 5.41) is 23.3. The highest BCUT2D eigenvalue weighted by Gasteiger charge is 2.54. The van der Waals surface area contributed by atoms with Crippen molar-refractivity contribution < 1.29 is 15.1 Å². The Morgan fingerprint density at radius 3 is 2.80 bits per heavy atom. The van der Waals surface area contributed by atoms with Crippen molar-refractivity contribution in [3.05, 3.63) is 29.8 Å². The van der Waals surface area contributed by atoms with E-state index in [2.05, 4.69) is 10.5 Å². The third-order valence-corrected chi connectivity index (χ3v) is 3.59. The van der Waals surface area contributed by atoms with E-state index in [0.29, 0.717) is 24.9 Å². The van der Waals surface area contributed by atoms with Gasteiger partial charge in [0.1, 0.15) is 5.41 Å². The van der Waals surface area contributed by atoms with Crippen molar-refractivity contribution in [2.24, 2.45) is 16.3 Å². The lowest BCUT2D eigenvalue weighted by atomic mass is 10.0. The van der Waals surface area contributed by atoms with Crippen LogP contribution < -0.4 is 11.1 Å². The van der Waals surface area contributed by atoms with E-state index < -0.39 is 5.41 Å². The summed E-state index contributed by atoms with van der Waals surface area (Å²) in [6.45, 7) is 0.142. The van der Waals surface area contributed by atoms with Crippen LogP contribution in [0.15, 0.2) is 29.4 Å². The Balaban J connectivity index is 2.05. The summed E-state index contributed by atoms with van der Waals surface area (Å²) in [6.07, 6.45) is 2.63. The van der Waals surface area contributed by atoms with E-state index in [1.54, 1.807) is 6.07 Å². The molecular weight excluding hydrogens is 258 g/mol. The molecule has 1 aromatic rings. The Kier molecular flexibility index (Phi) is 4.24. The minimum absolute atomic E-state index is 0.0357. The number of aryl methyl sites for hydroxylation is 1. The van der Waals surface area contributed by atoms with Gasteiger partial charge < -0.3 is 21.4 Å². The zero-order valence-electron chi connectivity index (χ0n) is 11.2. The van der Waals surface area contributed by atoms with Crippen molar-refractivity contribution in [1.29, 1.82) is 0 Å². The summed E-state index contributed by atoms with van der Waals surface area (Å²) in [5.74, 6) is -0.279. The molecule has 0 aliphatic heterocycles. The second kappa shape index (κ2) is 5.92. The molecule has 6 nitrogen and oxygen atoms in total. The first kappa shape index (κ1) is 14.3. The largest absolute Gasteiger partial charge is 0.409 e. The number of carbonyl (C=O) groups excluding carboxylic acids is 1. The summed E-state index contributed by atoms with van der Waals surface area (Å²) in [4.78, 5) is 12.2. The number of hydrogen-bond donors (Lipinski definition) is 4. The molecule has 0 unspecified atom stereocenters. The number of carbonyl (C=O) groups is 1. The number of benzene rings is 1. The highest BCUT2D eigenvalue weighted by molar-refractivity contribution is 6.14. The van der Waals surface area contributed by atoms with Gasteiger partial charge in [0.25, 0.3) is 0 Å². The number of anilines is 1. The van der Waals surface area contributed by atoms with Crippen LogP contribution in [0.3, 0.4) is 0 Å². The van der Waals surface area contributed by atoms with E-state index in [4.69, 9.17) is 16.0 Å². The van der Waals surface area contributed by atoms with Gasteiger partial charge in [-0.1, -0.05) is 17.3 Å². The first-order chi connectivity index (χ1) is 9.62. The molecule has 1 aromatic carbocycles. The van der Waals surface area contributed by atoms with Gasteiger partial charge in [-0.3, -0.25) is 4.79 Å². The number of nitrogens with zero attached hydrogens (tertiary/aromatic N) is 1. The summed E-state index contributed by atoms with van der Waals surface area (Å²) in [5.41, 5.74) is 6.45. The Hall–Kier alpha value is -2.08. The SMILES string of the molecule is N/C(=N/O)C1(C(=O)Nc2cccc(CCCO)c2)CC1. The molecule has 0 bridgehead atoms. The zero-order valence-corrected chi connectivity index (χ0v) is 11.2. The molecule has 0 heterocycles. The Bertz CT molecular complexity index is 524. The first-order valence-corrected chi connectivity index (χ1v) is 6.61. The molecule has 20 heavy (non-hydrogen) atoms. The molecule has 0 saturated heterocycles. The lowest BCUT2D eigenvalue weighted by Gasteiger charge is -2.14. The lowest BCUT2D eigenvalue weighted by molar-refractivity contribution is -0.119. The third-order valence-electron chi connectivity index (χ3n) is 3.59. The van der Waals surface area contributed by atoms with Crippen LogP contribution in [0.1, 0.15) is 24.8 Å². The van der Waals surface area contributed by atoms with Crippen molar-refractivity contribution in [3.63, 3.8) is 0 Å². The van der Waals surface area contributed by atoms with Gasteiger partial charge in [0.2, 0.25) is 5.91 Å². The fourth-order valence-corrected chi connectivity index (χ4v) is 2.16. The summed E-state index contributed by atoms with van der Waals surface area (Å²) < 4.78 is 0. The number of hydrogen-bond acceptors (Lipinski definition) is 4. The molecule has 5 N–H and O–H groups in total. The maximum atomic E-state index is 12.2. The molecule has 0 spiro atoms. The van der Waals surface area contributed by atoms with Gasteiger partial charge in [-0.05, 0) is 43.4 Å².